The molecule has 1 aliphatic rings. The maximum absolute atomic E-state index is 5.63. The first-order valence-electron chi connectivity index (χ1n) is 7.44. The predicted octanol–water partition coefficient (Wildman–Crippen LogP) is 3.67. The van der Waals surface area contributed by atoms with Gasteiger partial charge in [0, 0.05) is 17.8 Å². The van der Waals surface area contributed by atoms with E-state index in [1.807, 2.05) is 25.1 Å². The Balaban J connectivity index is 1.73. The molecule has 0 aromatic heterocycles. The lowest BCUT2D eigenvalue weighted by Crippen LogP contribution is -2.19. The van der Waals surface area contributed by atoms with Crippen molar-refractivity contribution in [2.24, 2.45) is 0 Å². The van der Waals surface area contributed by atoms with Gasteiger partial charge in [-0.25, -0.2) is 0 Å². The predicted molar refractivity (Wildman–Crippen MR) is 85.4 cm³/mol. The van der Waals surface area contributed by atoms with Gasteiger partial charge in [-0.3, -0.25) is 0 Å². The molecule has 0 spiro atoms. The van der Waals surface area contributed by atoms with Crippen LogP contribution in [0.5, 0.6) is 11.5 Å². The summed E-state index contributed by atoms with van der Waals surface area (Å²) in [6.07, 6.45) is 2.15. The van der Waals surface area contributed by atoms with E-state index in [0.29, 0.717) is 12.6 Å². The molecule has 0 aliphatic heterocycles. The Bertz CT molecular complexity index is 599. The van der Waals surface area contributed by atoms with Crippen LogP contribution in [0, 0.1) is 0 Å². The van der Waals surface area contributed by atoms with Crippen LogP contribution in [0.15, 0.2) is 42.5 Å². The minimum atomic E-state index is 0.449. The first kappa shape index (κ1) is 13.8. The fourth-order valence-corrected chi connectivity index (χ4v) is 2.93. The summed E-state index contributed by atoms with van der Waals surface area (Å²) in [5, 5.41) is 3.60. The van der Waals surface area contributed by atoms with E-state index >= 15 is 0 Å². The van der Waals surface area contributed by atoms with Crippen molar-refractivity contribution in [2.45, 2.75) is 25.8 Å². The summed E-state index contributed by atoms with van der Waals surface area (Å²) in [5.74, 6) is 1.57. The molecule has 0 saturated carbocycles. The number of fused-ring (bicyclic) bond motifs is 1. The van der Waals surface area contributed by atoms with E-state index in [9.17, 15) is 0 Å². The molecule has 0 atom stereocenters. The van der Waals surface area contributed by atoms with Crippen molar-refractivity contribution in [3.8, 4) is 11.5 Å². The zero-order valence-corrected chi connectivity index (χ0v) is 12.6. The van der Waals surface area contributed by atoms with Gasteiger partial charge in [-0.1, -0.05) is 24.3 Å². The third kappa shape index (κ3) is 2.97. The zero-order chi connectivity index (χ0) is 14.7. The molecule has 110 valence electrons. The molecule has 0 saturated heterocycles. The van der Waals surface area contributed by atoms with Crippen molar-refractivity contribution in [3.63, 3.8) is 0 Å². The van der Waals surface area contributed by atoms with E-state index < -0.39 is 0 Å². The SMILES string of the molecule is CCOc1cc(NC2Cc3ccccc3C2)ccc1OC. The highest BCUT2D eigenvalue weighted by atomic mass is 16.5. The van der Waals surface area contributed by atoms with Crippen LogP contribution in [-0.2, 0) is 12.8 Å². The molecule has 3 heteroatoms. The van der Waals surface area contributed by atoms with Crippen LogP contribution < -0.4 is 14.8 Å². The number of methoxy groups -OCH3 is 1. The van der Waals surface area contributed by atoms with Gasteiger partial charge in [0.1, 0.15) is 0 Å². The van der Waals surface area contributed by atoms with Crippen molar-refractivity contribution in [3.05, 3.63) is 53.6 Å². The molecule has 0 fully saturated rings. The number of benzene rings is 2. The van der Waals surface area contributed by atoms with Crippen molar-refractivity contribution in [1.82, 2.24) is 0 Å². The molecule has 1 aliphatic carbocycles. The summed E-state index contributed by atoms with van der Waals surface area (Å²) in [4.78, 5) is 0. The molecule has 1 N–H and O–H groups in total. The minimum absolute atomic E-state index is 0.449. The van der Waals surface area contributed by atoms with Crippen LogP contribution in [0.25, 0.3) is 0 Å². The summed E-state index contributed by atoms with van der Waals surface area (Å²) in [6, 6.07) is 15.1. The normalized spacial score (nSPS) is 13.8. The maximum atomic E-state index is 5.63. The van der Waals surface area contributed by atoms with Gasteiger partial charge in [0.2, 0.25) is 0 Å². The Hall–Kier alpha value is -2.16. The fourth-order valence-electron chi connectivity index (χ4n) is 2.93. The molecule has 0 radical (unpaired) electrons. The monoisotopic (exact) mass is 283 g/mol. The number of hydrogen-bond acceptors (Lipinski definition) is 3. The van der Waals surface area contributed by atoms with Crippen LogP contribution in [0.4, 0.5) is 5.69 Å². The van der Waals surface area contributed by atoms with Crippen molar-refractivity contribution in [1.29, 1.82) is 0 Å². The van der Waals surface area contributed by atoms with Gasteiger partial charge >= 0.3 is 0 Å². The van der Waals surface area contributed by atoms with Crippen molar-refractivity contribution >= 4 is 5.69 Å². The third-order valence-electron chi connectivity index (χ3n) is 3.89. The number of hydrogen-bond donors (Lipinski definition) is 1. The zero-order valence-electron chi connectivity index (χ0n) is 12.6. The van der Waals surface area contributed by atoms with E-state index in [1.54, 1.807) is 7.11 Å². The summed E-state index contributed by atoms with van der Waals surface area (Å²) < 4.78 is 11.0. The molecule has 0 unspecified atom stereocenters. The number of anilines is 1. The quantitative estimate of drug-likeness (QED) is 0.908. The highest BCUT2D eigenvalue weighted by molar-refractivity contribution is 5.56. The Labute approximate surface area is 125 Å². The first-order valence-corrected chi connectivity index (χ1v) is 7.44. The van der Waals surface area contributed by atoms with Gasteiger partial charge in [-0.05, 0) is 43.0 Å². The van der Waals surface area contributed by atoms with Gasteiger partial charge in [0.15, 0.2) is 11.5 Å². The van der Waals surface area contributed by atoms with E-state index in [-0.39, 0.29) is 0 Å². The second-order valence-corrected chi connectivity index (χ2v) is 5.32. The van der Waals surface area contributed by atoms with E-state index in [2.05, 4.69) is 29.6 Å². The number of rotatable bonds is 5. The number of nitrogens with one attached hydrogen (secondary N) is 1. The second-order valence-electron chi connectivity index (χ2n) is 5.32. The molecule has 2 aromatic carbocycles. The lowest BCUT2D eigenvalue weighted by molar-refractivity contribution is 0.311. The molecule has 0 heterocycles. The molecule has 3 nitrogen and oxygen atoms in total. The van der Waals surface area contributed by atoms with E-state index in [0.717, 1.165) is 30.0 Å². The fraction of sp³-hybridized carbons (Fsp3) is 0.333. The Morgan fingerprint density at radius 2 is 1.76 bits per heavy atom. The highest BCUT2D eigenvalue weighted by Gasteiger charge is 2.20. The van der Waals surface area contributed by atoms with Gasteiger partial charge in [-0.15, -0.1) is 0 Å². The molecular weight excluding hydrogens is 262 g/mol. The maximum Gasteiger partial charge on any atom is 0.163 e. The van der Waals surface area contributed by atoms with Crippen LogP contribution >= 0.6 is 0 Å². The Morgan fingerprint density at radius 1 is 1.05 bits per heavy atom. The molecular formula is C18H21NO2. The first-order chi connectivity index (χ1) is 10.3. The van der Waals surface area contributed by atoms with Crippen molar-refractivity contribution in [2.75, 3.05) is 19.0 Å². The lowest BCUT2D eigenvalue weighted by Gasteiger charge is -2.16. The molecule has 2 aromatic rings. The molecule has 3 rings (SSSR count). The van der Waals surface area contributed by atoms with Crippen molar-refractivity contribution < 1.29 is 9.47 Å². The molecule has 0 bridgehead atoms. The molecule has 21 heavy (non-hydrogen) atoms. The summed E-state index contributed by atoms with van der Waals surface area (Å²) in [5.41, 5.74) is 3.99. The summed E-state index contributed by atoms with van der Waals surface area (Å²) in [7, 11) is 1.67. The van der Waals surface area contributed by atoms with Gasteiger partial charge in [0.05, 0.1) is 13.7 Å². The minimum Gasteiger partial charge on any atom is -0.493 e. The number of ether oxygens (including phenoxy) is 2. The van der Waals surface area contributed by atoms with Crippen LogP contribution in [0.1, 0.15) is 18.1 Å². The second kappa shape index (κ2) is 6.08. The average Bonchev–Trinajstić information content (AvgIpc) is 2.90. The summed E-state index contributed by atoms with van der Waals surface area (Å²) in [6.45, 7) is 2.61. The van der Waals surface area contributed by atoms with E-state index in [1.165, 1.54) is 11.1 Å². The van der Waals surface area contributed by atoms with Gasteiger partial charge in [-0.2, -0.15) is 0 Å². The largest absolute Gasteiger partial charge is 0.493 e. The third-order valence-corrected chi connectivity index (χ3v) is 3.89. The lowest BCUT2D eigenvalue weighted by atomic mass is 10.1. The topological polar surface area (TPSA) is 30.5 Å². The van der Waals surface area contributed by atoms with Crippen LogP contribution in [-0.4, -0.2) is 19.8 Å². The van der Waals surface area contributed by atoms with Gasteiger partial charge in [0.25, 0.3) is 0 Å². The molecule has 0 amide bonds. The Morgan fingerprint density at radius 3 is 2.38 bits per heavy atom. The van der Waals surface area contributed by atoms with Crippen LogP contribution in [0.3, 0.4) is 0 Å². The summed E-state index contributed by atoms with van der Waals surface area (Å²) >= 11 is 0. The van der Waals surface area contributed by atoms with Gasteiger partial charge < -0.3 is 14.8 Å². The van der Waals surface area contributed by atoms with Crippen LogP contribution in [0.2, 0.25) is 0 Å². The standard InChI is InChI=1S/C18H21NO2/c1-3-21-18-12-15(8-9-17(18)20-2)19-16-10-13-6-4-5-7-14(13)11-16/h4-9,12,16,19H,3,10-11H2,1-2H3. The highest BCUT2D eigenvalue weighted by Crippen LogP contribution is 2.32. The smallest absolute Gasteiger partial charge is 0.163 e. The van der Waals surface area contributed by atoms with E-state index in [4.69, 9.17) is 9.47 Å². The average molecular weight is 283 g/mol. The Kier molecular flexibility index (Phi) is 4.00.